The van der Waals surface area contributed by atoms with E-state index in [0.717, 1.165) is 29.9 Å². The number of hydrogen-bond acceptors (Lipinski definition) is 5. The molecule has 0 amide bonds. The molecular weight excluding hydrogens is 238 g/mol. The third kappa shape index (κ3) is 2.82. The van der Waals surface area contributed by atoms with Crippen LogP contribution in [0.3, 0.4) is 0 Å². The largest absolute Gasteiger partial charge is 0.340 e. The van der Waals surface area contributed by atoms with Gasteiger partial charge in [-0.05, 0) is 24.5 Å². The predicted molar refractivity (Wildman–Crippen MR) is 78.3 cm³/mol. The van der Waals surface area contributed by atoms with Crippen LogP contribution in [-0.4, -0.2) is 9.97 Å². The van der Waals surface area contributed by atoms with Crippen molar-refractivity contribution < 1.29 is 0 Å². The second kappa shape index (κ2) is 6.15. The Balaban J connectivity index is 2.38. The average molecular weight is 257 g/mol. The maximum Gasteiger partial charge on any atom is 0.148 e. The molecule has 0 atom stereocenters. The van der Waals surface area contributed by atoms with Crippen molar-refractivity contribution in [2.45, 2.75) is 26.7 Å². The molecule has 0 fully saturated rings. The molecule has 5 nitrogen and oxygen atoms in total. The van der Waals surface area contributed by atoms with Crippen molar-refractivity contribution in [3.8, 4) is 0 Å². The summed E-state index contributed by atoms with van der Waals surface area (Å²) in [5.74, 6) is 6.94. The molecule has 0 radical (unpaired) electrons. The number of aromatic nitrogens is 2. The first kappa shape index (κ1) is 13.3. The first-order valence-electron chi connectivity index (χ1n) is 6.45. The second-order valence-electron chi connectivity index (χ2n) is 4.18. The molecule has 0 aliphatic rings. The zero-order valence-electron chi connectivity index (χ0n) is 11.3. The zero-order valence-corrected chi connectivity index (χ0v) is 11.3. The molecule has 4 N–H and O–H groups in total. The number of nitrogen functional groups attached to an aromatic ring is 1. The Morgan fingerprint density at radius 1 is 1.05 bits per heavy atom. The molecule has 5 heteroatoms. The van der Waals surface area contributed by atoms with Gasteiger partial charge in [-0.25, -0.2) is 15.8 Å². The summed E-state index contributed by atoms with van der Waals surface area (Å²) in [4.78, 5) is 8.44. The molecule has 19 heavy (non-hydrogen) atoms. The van der Waals surface area contributed by atoms with Crippen LogP contribution in [0.4, 0.5) is 17.3 Å². The number of hydrazine groups is 1. The summed E-state index contributed by atoms with van der Waals surface area (Å²) in [5, 5.41) is 3.37. The number of anilines is 3. The predicted octanol–water partition coefficient (Wildman–Crippen LogP) is 2.63. The summed E-state index contributed by atoms with van der Waals surface area (Å²) in [5.41, 5.74) is 5.92. The van der Waals surface area contributed by atoms with Crippen LogP contribution in [0, 0.1) is 0 Å². The fourth-order valence-electron chi connectivity index (χ4n) is 2.06. The number of nitrogens with two attached hydrogens (primary N) is 1. The lowest BCUT2D eigenvalue weighted by atomic mass is 10.1. The molecule has 1 aromatic carbocycles. The maximum absolute atomic E-state index is 5.48. The third-order valence-corrected chi connectivity index (χ3v) is 3.09. The Kier molecular flexibility index (Phi) is 4.30. The van der Waals surface area contributed by atoms with Crippen LogP contribution >= 0.6 is 0 Å². The zero-order chi connectivity index (χ0) is 13.7. The standard InChI is InChI=1S/C14H19N5/c1-3-10-7-5-6-8-12(10)18-13-11(4-2)14(19-15)17-9-16-13/h5-9H,3-4,15H2,1-2H3,(H2,16,17,18,19). The molecule has 0 saturated carbocycles. The van der Waals surface area contributed by atoms with Gasteiger partial charge in [0.05, 0.1) is 0 Å². The van der Waals surface area contributed by atoms with Gasteiger partial charge in [-0.15, -0.1) is 0 Å². The lowest BCUT2D eigenvalue weighted by molar-refractivity contribution is 1.03. The minimum atomic E-state index is 0.661. The van der Waals surface area contributed by atoms with Crippen LogP contribution in [0.15, 0.2) is 30.6 Å². The highest BCUT2D eigenvalue weighted by molar-refractivity contribution is 5.66. The maximum atomic E-state index is 5.48. The quantitative estimate of drug-likeness (QED) is 0.567. The van der Waals surface area contributed by atoms with Crippen molar-refractivity contribution in [3.05, 3.63) is 41.7 Å². The summed E-state index contributed by atoms with van der Waals surface area (Å²) in [6.45, 7) is 4.19. The molecule has 0 unspecified atom stereocenters. The molecule has 0 bridgehead atoms. The van der Waals surface area contributed by atoms with Crippen molar-refractivity contribution in [2.24, 2.45) is 5.84 Å². The highest BCUT2D eigenvalue weighted by atomic mass is 15.3. The van der Waals surface area contributed by atoms with E-state index in [4.69, 9.17) is 5.84 Å². The Morgan fingerprint density at radius 3 is 2.47 bits per heavy atom. The Morgan fingerprint density at radius 2 is 1.79 bits per heavy atom. The van der Waals surface area contributed by atoms with Crippen LogP contribution in [-0.2, 0) is 12.8 Å². The van der Waals surface area contributed by atoms with Crippen molar-refractivity contribution in [2.75, 3.05) is 10.7 Å². The monoisotopic (exact) mass is 257 g/mol. The summed E-state index contributed by atoms with van der Waals surface area (Å²) in [6.07, 6.45) is 3.28. The van der Waals surface area contributed by atoms with Gasteiger partial charge in [0.1, 0.15) is 18.0 Å². The smallest absolute Gasteiger partial charge is 0.148 e. The first-order valence-corrected chi connectivity index (χ1v) is 6.45. The van der Waals surface area contributed by atoms with Crippen LogP contribution < -0.4 is 16.6 Å². The average Bonchev–Trinajstić information content (AvgIpc) is 2.47. The molecular formula is C14H19N5. The molecule has 0 aliphatic carbocycles. The number of benzene rings is 1. The molecule has 2 aromatic rings. The number of nitrogens with one attached hydrogen (secondary N) is 2. The summed E-state index contributed by atoms with van der Waals surface area (Å²) < 4.78 is 0. The van der Waals surface area contributed by atoms with Gasteiger partial charge >= 0.3 is 0 Å². The molecule has 0 saturated heterocycles. The van der Waals surface area contributed by atoms with E-state index < -0.39 is 0 Å². The molecule has 2 rings (SSSR count). The van der Waals surface area contributed by atoms with E-state index in [9.17, 15) is 0 Å². The van der Waals surface area contributed by atoms with Crippen LogP contribution in [0.25, 0.3) is 0 Å². The highest BCUT2D eigenvalue weighted by Gasteiger charge is 2.10. The fourth-order valence-corrected chi connectivity index (χ4v) is 2.06. The third-order valence-electron chi connectivity index (χ3n) is 3.09. The van der Waals surface area contributed by atoms with Crippen LogP contribution in [0.1, 0.15) is 25.0 Å². The minimum Gasteiger partial charge on any atom is -0.340 e. The highest BCUT2D eigenvalue weighted by Crippen LogP contribution is 2.25. The van der Waals surface area contributed by atoms with Crippen LogP contribution in [0.5, 0.6) is 0 Å². The molecule has 1 heterocycles. The Labute approximate surface area is 113 Å². The van der Waals surface area contributed by atoms with Crippen LogP contribution in [0.2, 0.25) is 0 Å². The van der Waals surface area contributed by atoms with E-state index in [1.54, 1.807) is 0 Å². The lowest BCUT2D eigenvalue weighted by Crippen LogP contribution is -2.13. The van der Waals surface area contributed by atoms with Gasteiger partial charge in [0.25, 0.3) is 0 Å². The summed E-state index contributed by atoms with van der Waals surface area (Å²) >= 11 is 0. The van der Waals surface area contributed by atoms with Crippen molar-refractivity contribution in [1.29, 1.82) is 0 Å². The van der Waals surface area contributed by atoms with E-state index >= 15 is 0 Å². The van der Waals surface area contributed by atoms with Crippen molar-refractivity contribution in [1.82, 2.24) is 9.97 Å². The topological polar surface area (TPSA) is 75.9 Å². The van der Waals surface area contributed by atoms with Gasteiger partial charge in [-0.2, -0.15) is 0 Å². The Bertz CT molecular complexity index is 553. The number of hydrogen-bond donors (Lipinski definition) is 3. The number of aryl methyl sites for hydroxylation is 1. The number of nitrogens with zero attached hydrogens (tertiary/aromatic N) is 2. The van der Waals surface area contributed by atoms with Gasteiger partial charge in [-0.3, -0.25) is 0 Å². The van der Waals surface area contributed by atoms with Gasteiger partial charge in [0, 0.05) is 11.3 Å². The number of rotatable bonds is 5. The number of para-hydroxylation sites is 1. The first-order chi connectivity index (χ1) is 9.30. The van der Waals surface area contributed by atoms with E-state index in [-0.39, 0.29) is 0 Å². The molecule has 0 spiro atoms. The van der Waals surface area contributed by atoms with E-state index in [2.05, 4.69) is 46.7 Å². The van der Waals surface area contributed by atoms with E-state index in [1.807, 2.05) is 12.1 Å². The van der Waals surface area contributed by atoms with E-state index in [1.165, 1.54) is 11.9 Å². The fraction of sp³-hybridized carbons (Fsp3) is 0.286. The normalized spacial score (nSPS) is 10.3. The SMILES string of the molecule is CCc1ccccc1Nc1ncnc(NN)c1CC. The second-order valence-corrected chi connectivity index (χ2v) is 4.18. The van der Waals surface area contributed by atoms with Gasteiger partial charge in [0.2, 0.25) is 0 Å². The van der Waals surface area contributed by atoms with E-state index in [0.29, 0.717) is 5.82 Å². The van der Waals surface area contributed by atoms with Gasteiger partial charge in [0.15, 0.2) is 0 Å². The van der Waals surface area contributed by atoms with Crippen molar-refractivity contribution in [3.63, 3.8) is 0 Å². The van der Waals surface area contributed by atoms with Crippen molar-refractivity contribution >= 4 is 17.3 Å². The Hall–Kier alpha value is -2.14. The molecule has 1 aromatic heterocycles. The van der Waals surface area contributed by atoms with Gasteiger partial charge < -0.3 is 10.7 Å². The lowest BCUT2D eigenvalue weighted by Gasteiger charge is -2.14. The minimum absolute atomic E-state index is 0.661. The van der Waals surface area contributed by atoms with Gasteiger partial charge in [-0.1, -0.05) is 32.0 Å². The molecule has 0 aliphatic heterocycles. The molecule has 100 valence electrons. The summed E-state index contributed by atoms with van der Waals surface area (Å²) in [7, 11) is 0. The summed E-state index contributed by atoms with van der Waals surface area (Å²) in [6, 6.07) is 8.21.